The molecule has 4 atom stereocenters. The summed E-state index contributed by atoms with van der Waals surface area (Å²) in [5, 5.41) is 7.76. The minimum absolute atomic E-state index is 0.154. The number of rotatable bonds is 3. The Morgan fingerprint density at radius 2 is 1.74 bits per heavy atom. The average molecular weight is 427 g/mol. The molecular weight excluding hydrogens is 402 g/mol. The standard InChI is InChI=1S/C22H25N3O6/c26-21(25-8-10-28-11-9-25)23-17-12-29-20-18(13-30-19(17)20)31-22(27)24-16-7-3-5-14-4-1-2-6-15(14)16/h1-7,17-20H,8-13H2,(H,23,26)(H,24,27)/t17-,18-,19-,20+/m0/s1. The maximum Gasteiger partial charge on any atom is 0.412 e. The number of urea groups is 1. The molecule has 0 aromatic heterocycles. The van der Waals surface area contributed by atoms with Gasteiger partial charge in [0.05, 0.1) is 38.2 Å². The monoisotopic (exact) mass is 427 g/mol. The zero-order valence-electron chi connectivity index (χ0n) is 17.0. The van der Waals surface area contributed by atoms with Crippen LogP contribution in [-0.2, 0) is 18.9 Å². The van der Waals surface area contributed by atoms with Crippen LogP contribution in [0.15, 0.2) is 42.5 Å². The molecule has 3 aliphatic rings. The first-order valence-corrected chi connectivity index (χ1v) is 10.5. The molecule has 3 saturated heterocycles. The summed E-state index contributed by atoms with van der Waals surface area (Å²) in [5.74, 6) is 0. The molecule has 9 heteroatoms. The van der Waals surface area contributed by atoms with Gasteiger partial charge in [0.2, 0.25) is 0 Å². The van der Waals surface area contributed by atoms with Crippen LogP contribution in [0.25, 0.3) is 10.8 Å². The first-order chi connectivity index (χ1) is 15.2. The molecule has 0 spiro atoms. The van der Waals surface area contributed by atoms with Crippen LogP contribution in [0.5, 0.6) is 0 Å². The fourth-order valence-electron chi connectivity index (χ4n) is 4.32. The zero-order valence-corrected chi connectivity index (χ0v) is 17.0. The number of fused-ring (bicyclic) bond motifs is 2. The van der Waals surface area contributed by atoms with Gasteiger partial charge in [-0.2, -0.15) is 0 Å². The predicted molar refractivity (Wildman–Crippen MR) is 112 cm³/mol. The lowest BCUT2D eigenvalue weighted by Crippen LogP contribution is -2.52. The number of amides is 3. The Hall–Kier alpha value is -2.88. The van der Waals surface area contributed by atoms with Gasteiger partial charge in [0.25, 0.3) is 0 Å². The number of benzene rings is 2. The van der Waals surface area contributed by atoms with Gasteiger partial charge in [-0.05, 0) is 11.5 Å². The SMILES string of the molecule is O=C(Nc1cccc2ccccc12)O[C@H]1CO[C@@H]2[C@@H]1OC[C@@H]2NC(=O)N1CCOCC1. The fraction of sp³-hybridized carbons (Fsp3) is 0.455. The number of ether oxygens (including phenoxy) is 4. The first-order valence-electron chi connectivity index (χ1n) is 10.5. The second-order valence-corrected chi connectivity index (χ2v) is 7.85. The van der Waals surface area contributed by atoms with Crippen molar-refractivity contribution in [2.75, 3.05) is 44.8 Å². The summed E-state index contributed by atoms with van der Waals surface area (Å²) in [6.07, 6.45) is -1.85. The van der Waals surface area contributed by atoms with Gasteiger partial charge in [-0.25, -0.2) is 9.59 Å². The van der Waals surface area contributed by atoms with Crippen molar-refractivity contribution >= 4 is 28.6 Å². The third kappa shape index (κ3) is 4.16. The van der Waals surface area contributed by atoms with Crippen molar-refractivity contribution in [3.8, 4) is 0 Å². The molecule has 2 N–H and O–H groups in total. The quantitative estimate of drug-likeness (QED) is 0.777. The molecule has 9 nitrogen and oxygen atoms in total. The maximum absolute atomic E-state index is 12.5. The zero-order chi connectivity index (χ0) is 21.2. The molecule has 164 valence electrons. The van der Waals surface area contributed by atoms with Crippen molar-refractivity contribution in [3.63, 3.8) is 0 Å². The van der Waals surface area contributed by atoms with Crippen LogP contribution in [0.1, 0.15) is 0 Å². The van der Waals surface area contributed by atoms with Gasteiger partial charge in [0, 0.05) is 18.5 Å². The maximum atomic E-state index is 12.5. The van der Waals surface area contributed by atoms with Gasteiger partial charge in [-0.3, -0.25) is 5.32 Å². The number of carbonyl (C=O) groups excluding carboxylic acids is 2. The van der Waals surface area contributed by atoms with Crippen molar-refractivity contribution in [3.05, 3.63) is 42.5 Å². The number of hydrogen-bond acceptors (Lipinski definition) is 6. The molecule has 0 aliphatic carbocycles. The highest BCUT2D eigenvalue weighted by Gasteiger charge is 2.50. The summed E-state index contributed by atoms with van der Waals surface area (Å²) in [6.45, 7) is 2.75. The van der Waals surface area contributed by atoms with E-state index in [-0.39, 0.29) is 24.8 Å². The highest BCUT2D eigenvalue weighted by molar-refractivity contribution is 6.00. The molecule has 3 heterocycles. The minimum atomic E-state index is -0.560. The van der Waals surface area contributed by atoms with E-state index in [1.165, 1.54) is 0 Å². The molecule has 0 radical (unpaired) electrons. The molecule has 3 fully saturated rings. The van der Waals surface area contributed by atoms with Crippen LogP contribution in [0.2, 0.25) is 0 Å². The fourth-order valence-corrected chi connectivity index (χ4v) is 4.32. The first kappa shape index (κ1) is 20.0. The molecule has 0 bridgehead atoms. The Morgan fingerprint density at radius 1 is 0.968 bits per heavy atom. The molecular formula is C22H25N3O6. The van der Waals surface area contributed by atoms with Gasteiger partial charge in [0.1, 0.15) is 12.2 Å². The Kier molecular flexibility index (Phi) is 5.63. The number of carbonyl (C=O) groups is 2. The van der Waals surface area contributed by atoms with Crippen molar-refractivity contribution in [1.82, 2.24) is 10.2 Å². The Labute approximate surface area is 179 Å². The van der Waals surface area contributed by atoms with E-state index in [0.29, 0.717) is 38.6 Å². The molecule has 0 unspecified atom stereocenters. The summed E-state index contributed by atoms with van der Waals surface area (Å²) >= 11 is 0. The molecule has 3 amide bonds. The van der Waals surface area contributed by atoms with Gasteiger partial charge in [-0.1, -0.05) is 36.4 Å². The molecule has 2 aromatic rings. The van der Waals surface area contributed by atoms with E-state index >= 15 is 0 Å². The molecule has 5 rings (SSSR count). The minimum Gasteiger partial charge on any atom is -0.441 e. The topological polar surface area (TPSA) is 98.4 Å². The molecule has 0 saturated carbocycles. The number of anilines is 1. The van der Waals surface area contributed by atoms with Crippen LogP contribution < -0.4 is 10.6 Å². The summed E-state index contributed by atoms with van der Waals surface area (Å²) < 4.78 is 22.5. The van der Waals surface area contributed by atoms with Gasteiger partial charge in [0.15, 0.2) is 6.10 Å². The largest absolute Gasteiger partial charge is 0.441 e. The highest BCUT2D eigenvalue weighted by Crippen LogP contribution is 2.30. The number of hydrogen-bond donors (Lipinski definition) is 2. The van der Waals surface area contributed by atoms with Crippen molar-refractivity contribution in [2.24, 2.45) is 0 Å². The van der Waals surface area contributed by atoms with E-state index in [9.17, 15) is 9.59 Å². The molecule has 3 aliphatic heterocycles. The van der Waals surface area contributed by atoms with E-state index in [4.69, 9.17) is 18.9 Å². The number of nitrogens with zero attached hydrogens (tertiary/aromatic N) is 1. The van der Waals surface area contributed by atoms with Crippen molar-refractivity contribution in [1.29, 1.82) is 0 Å². The average Bonchev–Trinajstić information content (AvgIpc) is 3.38. The van der Waals surface area contributed by atoms with Gasteiger partial charge >= 0.3 is 12.1 Å². The summed E-state index contributed by atoms with van der Waals surface area (Å²) in [5.41, 5.74) is 0.682. The molecule has 2 aromatic carbocycles. The van der Waals surface area contributed by atoms with E-state index in [2.05, 4.69) is 10.6 Å². The van der Waals surface area contributed by atoms with Crippen LogP contribution in [0.3, 0.4) is 0 Å². The summed E-state index contributed by atoms with van der Waals surface area (Å²) in [6, 6.07) is 13.1. The normalized spacial score (nSPS) is 27.7. The van der Waals surface area contributed by atoms with E-state index < -0.39 is 18.3 Å². The van der Waals surface area contributed by atoms with Gasteiger partial charge < -0.3 is 29.2 Å². The third-order valence-corrected chi connectivity index (χ3v) is 5.90. The second-order valence-electron chi connectivity index (χ2n) is 7.85. The third-order valence-electron chi connectivity index (χ3n) is 5.90. The smallest absolute Gasteiger partial charge is 0.412 e. The van der Waals surface area contributed by atoms with E-state index in [1.54, 1.807) is 4.90 Å². The van der Waals surface area contributed by atoms with Crippen LogP contribution in [-0.4, -0.2) is 80.9 Å². The lowest BCUT2D eigenvalue weighted by molar-refractivity contribution is 0.00852. The Balaban J connectivity index is 1.17. The second kappa shape index (κ2) is 8.70. The van der Waals surface area contributed by atoms with Gasteiger partial charge in [-0.15, -0.1) is 0 Å². The summed E-state index contributed by atoms with van der Waals surface area (Å²) in [4.78, 5) is 26.7. The van der Waals surface area contributed by atoms with Crippen LogP contribution >= 0.6 is 0 Å². The lowest BCUT2D eigenvalue weighted by Gasteiger charge is -2.29. The van der Waals surface area contributed by atoms with Crippen molar-refractivity contribution in [2.45, 2.75) is 24.4 Å². The lowest BCUT2D eigenvalue weighted by atomic mass is 10.1. The van der Waals surface area contributed by atoms with Crippen LogP contribution in [0, 0.1) is 0 Å². The van der Waals surface area contributed by atoms with Crippen molar-refractivity contribution < 1.29 is 28.5 Å². The Morgan fingerprint density at radius 3 is 2.61 bits per heavy atom. The highest BCUT2D eigenvalue weighted by atomic mass is 16.6. The van der Waals surface area contributed by atoms with E-state index in [1.807, 2.05) is 42.5 Å². The number of nitrogens with one attached hydrogen (secondary N) is 2. The number of morpholine rings is 1. The van der Waals surface area contributed by atoms with Crippen LogP contribution in [0.4, 0.5) is 15.3 Å². The molecule has 31 heavy (non-hydrogen) atoms. The summed E-state index contributed by atoms with van der Waals surface area (Å²) in [7, 11) is 0. The van der Waals surface area contributed by atoms with E-state index in [0.717, 1.165) is 10.8 Å². The Bertz CT molecular complexity index is 958. The predicted octanol–water partition coefficient (Wildman–Crippen LogP) is 1.96.